The van der Waals surface area contributed by atoms with Gasteiger partial charge in [0, 0.05) is 11.6 Å². The first-order valence-electron chi connectivity index (χ1n) is 5.58. The highest BCUT2D eigenvalue weighted by atomic mass is 16.1. The summed E-state index contributed by atoms with van der Waals surface area (Å²) in [5, 5.41) is 9.66. The summed E-state index contributed by atoms with van der Waals surface area (Å²) >= 11 is 0. The van der Waals surface area contributed by atoms with Crippen LogP contribution in [0.25, 0.3) is 11.3 Å². The van der Waals surface area contributed by atoms with E-state index in [1.807, 2.05) is 44.2 Å². The third kappa shape index (κ3) is 2.53. The van der Waals surface area contributed by atoms with E-state index < -0.39 is 0 Å². The average Bonchev–Trinajstić information content (AvgIpc) is 2.78. The summed E-state index contributed by atoms with van der Waals surface area (Å²) in [6, 6.07) is 9.80. The zero-order chi connectivity index (χ0) is 12.3. The second-order valence-electron chi connectivity index (χ2n) is 4.15. The van der Waals surface area contributed by atoms with Crippen LogP contribution in [0.4, 0.5) is 0 Å². The second kappa shape index (κ2) is 4.82. The van der Waals surface area contributed by atoms with Crippen LogP contribution in [0.1, 0.15) is 24.2 Å². The molecular formula is C13H15N3O. The van der Waals surface area contributed by atoms with Gasteiger partial charge in [0.15, 0.2) is 0 Å². The van der Waals surface area contributed by atoms with Crippen molar-refractivity contribution >= 4 is 5.91 Å². The Morgan fingerprint density at radius 1 is 1.29 bits per heavy atom. The molecule has 4 nitrogen and oxygen atoms in total. The predicted octanol–water partition coefficient (Wildman–Crippen LogP) is 2.21. The molecule has 0 aliphatic rings. The monoisotopic (exact) mass is 229 g/mol. The van der Waals surface area contributed by atoms with E-state index >= 15 is 0 Å². The zero-order valence-corrected chi connectivity index (χ0v) is 9.90. The van der Waals surface area contributed by atoms with E-state index in [9.17, 15) is 4.79 Å². The lowest BCUT2D eigenvalue weighted by molar-refractivity contribution is 0.0944. The van der Waals surface area contributed by atoms with Crippen LogP contribution in [0.5, 0.6) is 0 Å². The number of carbonyl (C=O) groups excluding carboxylic acids is 1. The van der Waals surface area contributed by atoms with E-state index in [0.717, 1.165) is 11.3 Å². The molecule has 88 valence electrons. The molecule has 0 radical (unpaired) electrons. The van der Waals surface area contributed by atoms with Crippen molar-refractivity contribution in [2.45, 2.75) is 19.9 Å². The molecule has 1 heterocycles. The van der Waals surface area contributed by atoms with E-state index in [1.54, 1.807) is 6.20 Å². The summed E-state index contributed by atoms with van der Waals surface area (Å²) in [5.41, 5.74) is 2.28. The van der Waals surface area contributed by atoms with Gasteiger partial charge in [0.1, 0.15) is 0 Å². The van der Waals surface area contributed by atoms with Gasteiger partial charge < -0.3 is 5.32 Å². The minimum atomic E-state index is -0.104. The maximum Gasteiger partial charge on any atom is 0.255 e. The van der Waals surface area contributed by atoms with Gasteiger partial charge in [0.05, 0.1) is 17.5 Å². The van der Waals surface area contributed by atoms with Crippen LogP contribution in [0, 0.1) is 0 Å². The largest absolute Gasteiger partial charge is 0.350 e. The van der Waals surface area contributed by atoms with Gasteiger partial charge in [-0.25, -0.2) is 0 Å². The molecule has 0 saturated carbocycles. The highest BCUT2D eigenvalue weighted by Crippen LogP contribution is 2.20. The standard InChI is InChI=1S/C13H15N3O/c1-9(2)15-13(17)11-8-14-16-12(11)10-6-4-3-5-7-10/h3-9H,1-2H3,(H,14,16)(H,15,17). The fraction of sp³-hybridized carbons (Fsp3) is 0.231. The van der Waals surface area contributed by atoms with Gasteiger partial charge >= 0.3 is 0 Å². The zero-order valence-electron chi connectivity index (χ0n) is 9.90. The first kappa shape index (κ1) is 11.4. The minimum Gasteiger partial charge on any atom is -0.350 e. The van der Waals surface area contributed by atoms with Crippen LogP contribution < -0.4 is 5.32 Å². The van der Waals surface area contributed by atoms with Gasteiger partial charge in [-0.05, 0) is 13.8 Å². The lowest BCUT2D eigenvalue weighted by Crippen LogP contribution is -2.30. The van der Waals surface area contributed by atoms with Crippen LogP contribution in [0.2, 0.25) is 0 Å². The van der Waals surface area contributed by atoms with E-state index in [4.69, 9.17) is 0 Å². The third-order valence-corrected chi connectivity index (χ3v) is 2.37. The Bertz CT molecular complexity index is 502. The van der Waals surface area contributed by atoms with Crippen molar-refractivity contribution in [1.82, 2.24) is 15.5 Å². The number of hydrogen-bond acceptors (Lipinski definition) is 2. The highest BCUT2D eigenvalue weighted by molar-refractivity contribution is 5.99. The highest BCUT2D eigenvalue weighted by Gasteiger charge is 2.15. The number of carbonyl (C=O) groups is 1. The van der Waals surface area contributed by atoms with E-state index in [-0.39, 0.29) is 11.9 Å². The maximum absolute atomic E-state index is 11.9. The number of nitrogens with zero attached hydrogens (tertiary/aromatic N) is 1. The first-order chi connectivity index (χ1) is 8.18. The molecule has 0 bridgehead atoms. The Labute approximate surface area is 100 Å². The molecular weight excluding hydrogens is 214 g/mol. The molecule has 0 aliphatic heterocycles. The molecule has 2 aromatic rings. The molecule has 0 aliphatic carbocycles. The Kier molecular flexibility index (Phi) is 3.23. The predicted molar refractivity (Wildman–Crippen MR) is 66.6 cm³/mol. The van der Waals surface area contributed by atoms with Crippen molar-refractivity contribution in [1.29, 1.82) is 0 Å². The quantitative estimate of drug-likeness (QED) is 0.847. The molecule has 1 aromatic carbocycles. The van der Waals surface area contributed by atoms with E-state index in [2.05, 4.69) is 15.5 Å². The van der Waals surface area contributed by atoms with Crippen molar-refractivity contribution in [3.8, 4) is 11.3 Å². The number of hydrogen-bond donors (Lipinski definition) is 2. The van der Waals surface area contributed by atoms with Crippen molar-refractivity contribution in [2.24, 2.45) is 0 Å². The van der Waals surface area contributed by atoms with Gasteiger partial charge in [0.25, 0.3) is 5.91 Å². The van der Waals surface area contributed by atoms with Crippen molar-refractivity contribution in [2.75, 3.05) is 0 Å². The van der Waals surface area contributed by atoms with Crippen LogP contribution in [0.3, 0.4) is 0 Å². The maximum atomic E-state index is 11.9. The fourth-order valence-corrected chi connectivity index (χ4v) is 1.62. The Balaban J connectivity index is 2.32. The van der Waals surface area contributed by atoms with Gasteiger partial charge in [-0.1, -0.05) is 30.3 Å². The second-order valence-corrected chi connectivity index (χ2v) is 4.15. The molecule has 1 aromatic heterocycles. The number of H-pyrrole nitrogens is 1. The first-order valence-corrected chi connectivity index (χ1v) is 5.58. The Hall–Kier alpha value is -2.10. The number of nitrogens with one attached hydrogen (secondary N) is 2. The molecule has 0 spiro atoms. The summed E-state index contributed by atoms with van der Waals surface area (Å²) in [6.45, 7) is 3.86. The molecule has 0 fully saturated rings. The molecule has 4 heteroatoms. The van der Waals surface area contributed by atoms with Gasteiger partial charge in [-0.3, -0.25) is 9.89 Å². The topological polar surface area (TPSA) is 57.8 Å². The number of benzene rings is 1. The number of aromatic nitrogens is 2. The summed E-state index contributed by atoms with van der Waals surface area (Å²) in [5.74, 6) is -0.104. The average molecular weight is 229 g/mol. The summed E-state index contributed by atoms with van der Waals surface area (Å²) < 4.78 is 0. The minimum absolute atomic E-state index is 0.104. The van der Waals surface area contributed by atoms with Gasteiger partial charge in [-0.15, -0.1) is 0 Å². The van der Waals surface area contributed by atoms with Crippen LogP contribution >= 0.6 is 0 Å². The lowest BCUT2D eigenvalue weighted by atomic mass is 10.1. The molecule has 2 rings (SSSR count). The van der Waals surface area contributed by atoms with E-state index in [0.29, 0.717) is 5.56 Å². The van der Waals surface area contributed by atoms with Gasteiger partial charge in [-0.2, -0.15) is 5.10 Å². The molecule has 1 amide bonds. The van der Waals surface area contributed by atoms with Crippen molar-refractivity contribution < 1.29 is 4.79 Å². The molecule has 0 saturated heterocycles. The SMILES string of the molecule is CC(C)NC(=O)c1cn[nH]c1-c1ccccc1. The van der Waals surface area contributed by atoms with E-state index in [1.165, 1.54) is 0 Å². The summed E-state index contributed by atoms with van der Waals surface area (Å²) in [6.07, 6.45) is 1.56. The van der Waals surface area contributed by atoms with Crippen molar-refractivity contribution in [3.63, 3.8) is 0 Å². The van der Waals surface area contributed by atoms with Crippen LogP contribution in [-0.2, 0) is 0 Å². The summed E-state index contributed by atoms with van der Waals surface area (Å²) in [4.78, 5) is 11.9. The number of aromatic amines is 1. The Morgan fingerprint density at radius 2 is 2.00 bits per heavy atom. The van der Waals surface area contributed by atoms with Crippen molar-refractivity contribution in [3.05, 3.63) is 42.1 Å². The van der Waals surface area contributed by atoms with Crippen LogP contribution in [0.15, 0.2) is 36.5 Å². The molecule has 2 N–H and O–H groups in total. The number of amides is 1. The van der Waals surface area contributed by atoms with Crippen LogP contribution in [-0.4, -0.2) is 22.1 Å². The molecule has 0 atom stereocenters. The molecule has 17 heavy (non-hydrogen) atoms. The lowest BCUT2D eigenvalue weighted by Gasteiger charge is -2.08. The fourth-order valence-electron chi connectivity index (χ4n) is 1.62. The molecule has 0 unspecified atom stereocenters. The number of rotatable bonds is 3. The third-order valence-electron chi connectivity index (χ3n) is 2.37. The summed E-state index contributed by atoms with van der Waals surface area (Å²) in [7, 11) is 0. The smallest absolute Gasteiger partial charge is 0.255 e. The van der Waals surface area contributed by atoms with Gasteiger partial charge in [0.2, 0.25) is 0 Å². The normalized spacial score (nSPS) is 10.5. The Morgan fingerprint density at radius 3 is 2.65 bits per heavy atom.